The molecule has 2 heterocycles. The summed E-state index contributed by atoms with van der Waals surface area (Å²) in [6, 6.07) is 5.02. The number of hydrogen-bond acceptors (Lipinski definition) is 8. The van der Waals surface area contributed by atoms with Gasteiger partial charge in [-0.2, -0.15) is 4.98 Å². The molecule has 10 nitrogen and oxygen atoms in total. The van der Waals surface area contributed by atoms with Crippen LogP contribution in [-0.4, -0.2) is 33.7 Å². The lowest BCUT2D eigenvalue weighted by Crippen LogP contribution is -2.34. The average Bonchev–Trinajstić information content (AvgIpc) is 2.81. The van der Waals surface area contributed by atoms with Crippen LogP contribution in [0.25, 0.3) is 0 Å². The Morgan fingerprint density at radius 3 is 2.81 bits per heavy atom. The molecule has 0 spiro atoms. The highest BCUT2D eigenvalue weighted by molar-refractivity contribution is 5.98. The molecule has 4 rings (SSSR count). The van der Waals surface area contributed by atoms with Gasteiger partial charge < -0.3 is 25.4 Å². The Hall–Kier alpha value is -4.41. The molecule has 2 aliphatic rings. The number of allylic oxidation sites excluding steroid dienone is 4. The summed E-state index contributed by atoms with van der Waals surface area (Å²) < 4.78 is 25.1. The van der Waals surface area contributed by atoms with E-state index in [2.05, 4.69) is 31.2 Å². The van der Waals surface area contributed by atoms with E-state index in [9.17, 15) is 14.0 Å². The second-order valence-electron chi connectivity index (χ2n) is 9.16. The van der Waals surface area contributed by atoms with Crippen molar-refractivity contribution in [3.63, 3.8) is 0 Å². The Morgan fingerprint density at radius 1 is 1.28 bits per heavy atom. The molecule has 0 fully saturated rings. The molecular formula is C25H27FN6O4. The summed E-state index contributed by atoms with van der Waals surface area (Å²) in [5.74, 6) is -0.210. The first-order chi connectivity index (χ1) is 17.1. The van der Waals surface area contributed by atoms with Crippen LogP contribution in [0.5, 0.6) is 5.75 Å². The Kier molecular flexibility index (Phi) is 6.91. The molecule has 0 saturated heterocycles. The number of ether oxygens (including phenoxy) is 2. The van der Waals surface area contributed by atoms with Crippen LogP contribution >= 0.6 is 0 Å². The molecule has 36 heavy (non-hydrogen) atoms. The summed E-state index contributed by atoms with van der Waals surface area (Å²) in [7, 11) is 0. The van der Waals surface area contributed by atoms with Crippen molar-refractivity contribution in [1.82, 2.24) is 15.3 Å². The van der Waals surface area contributed by atoms with E-state index in [4.69, 9.17) is 9.47 Å². The fourth-order valence-electron chi connectivity index (χ4n) is 3.29. The molecule has 1 aromatic carbocycles. The van der Waals surface area contributed by atoms with E-state index in [1.165, 1.54) is 0 Å². The number of nitrogens with one attached hydrogen (secondary N) is 4. The van der Waals surface area contributed by atoms with Gasteiger partial charge in [0.25, 0.3) is 5.91 Å². The summed E-state index contributed by atoms with van der Waals surface area (Å²) in [5, 5.41) is 11.3. The number of alkyl carbamates (subject to hydrolysis) is 1. The van der Waals surface area contributed by atoms with Crippen LogP contribution in [-0.2, 0) is 9.53 Å². The third-order valence-electron chi connectivity index (χ3n) is 4.98. The molecule has 4 N–H and O–H groups in total. The number of aromatic nitrogens is 2. The van der Waals surface area contributed by atoms with E-state index in [1.807, 2.05) is 12.2 Å². The number of halogens is 1. The van der Waals surface area contributed by atoms with Gasteiger partial charge in [0.15, 0.2) is 17.7 Å². The van der Waals surface area contributed by atoms with Crippen molar-refractivity contribution in [2.75, 3.05) is 16.0 Å². The van der Waals surface area contributed by atoms with Crippen molar-refractivity contribution in [2.24, 2.45) is 0 Å². The van der Waals surface area contributed by atoms with Gasteiger partial charge in [0.05, 0.1) is 11.9 Å². The highest BCUT2D eigenvalue weighted by atomic mass is 19.1. The van der Waals surface area contributed by atoms with Gasteiger partial charge in [-0.3, -0.25) is 10.1 Å². The first-order valence-corrected chi connectivity index (χ1v) is 11.3. The molecule has 1 atom stereocenters. The number of carbonyl (C=O) groups excluding carboxylic acids is 2. The van der Waals surface area contributed by atoms with Gasteiger partial charge in [-0.1, -0.05) is 12.2 Å². The molecule has 2 amide bonds. The third-order valence-corrected chi connectivity index (χ3v) is 4.98. The molecule has 0 saturated carbocycles. The summed E-state index contributed by atoms with van der Waals surface area (Å²) in [5.41, 5.74) is 2.00. The number of benzene rings is 1. The Labute approximate surface area is 207 Å². The molecule has 1 aliphatic carbocycles. The van der Waals surface area contributed by atoms with Crippen LogP contribution in [0.3, 0.4) is 0 Å². The number of amides is 2. The fourth-order valence-corrected chi connectivity index (χ4v) is 3.29. The van der Waals surface area contributed by atoms with Crippen LogP contribution < -0.4 is 26.0 Å². The molecule has 0 bridgehead atoms. The smallest absolute Gasteiger partial charge is 0.411 e. The molecule has 11 heteroatoms. The van der Waals surface area contributed by atoms with Gasteiger partial charge in [0, 0.05) is 17.6 Å². The second-order valence-corrected chi connectivity index (χ2v) is 9.16. The minimum atomic E-state index is -0.640. The molecule has 2 aromatic rings. The van der Waals surface area contributed by atoms with E-state index >= 15 is 0 Å². The number of hydrogen-bond donors (Lipinski definition) is 4. The zero-order valence-corrected chi connectivity index (χ0v) is 20.3. The van der Waals surface area contributed by atoms with Crippen LogP contribution in [0.4, 0.5) is 32.3 Å². The minimum Gasteiger partial charge on any atom is -0.479 e. The molecule has 0 radical (unpaired) electrons. The lowest BCUT2D eigenvalue weighted by atomic mass is 10.1. The zero-order chi connectivity index (χ0) is 25.9. The lowest BCUT2D eigenvalue weighted by Gasteiger charge is -2.23. The fraction of sp³-hybridized carbons (Fsp3) is 0.280. The predicted octanol–water partition coefficient (Wildman–Crippen LogP) is 4.74. The standard InChI is InChI=1S/C25H27FN6O4/c1-14-22(33)31-19-11-17(9-10-20(19)35-14)29-21-18(26)13-27-23(32-21)30-16-7-5-15(6-8-16)12-28-24(34)36-25(2,3)4/h5,7-14H,6H2,1-4H3,(H,28,34)(H,31,33)(H2,27,29,30,32)/t14-/m0/s1. The number of rotatable bonds is 5. The second kappa shape index (κ2) is 10.1. The van der Waals surface area contributed by atoms with Crippen molar-refractivity contribution >= 4 is 35.1 Å². The quantitative estimate of drug-likeness (QED) is 0.469. The van der Waals surface area contributed by atoms with E-state index in [-0.39, 0.29) is 17.7 Å². The number of nitrogens with zero attached hydrogens (tertiary/aromatic N) is 2. The van der Waals surface area contributed by atoms with Gasteiger partial charge in [-0.25, -0.2) is 14.2 Å². The van der Waals surface area contributed by atoms with Crippen LogP contribution in [0.2, 0.25) is 0 Å². The summed E-state index contributed by atoms with van der Waals surface area (Å²) >= 11 is 0. The molecule has 1 aromatic heterocycles. The summed E-state index contributed by atoms with van der Waals surface area (Å²) in [6.45, 7) is 7.03. The van der Waals surface area contributed by atoms with Crippen molar-refractivity contribution < 1.29 is 23.5 Å². The van der Waals surface area contributed by atoms with Crippen molar-refractivity contribution in [2.45, 2.75) is 45.8 Å². The first kappa shape index (κ1) is 24.7. The van der Waals surface area contributed by atoms with Crippen molar-refractivity contribution in [1.29, 1.82) is 0 Å². The van der Waals surface area contributed by atoms with Crippen molar-refractivity contribution in [3.8, 4) is 5.75 Å². The van der Waals surface area contributed by atoms with Gasteiger partial charge in [0.1, 0.15) is 11.4 Å². The SMILES string of the molecule is C[C@@H]1Oc2ccc(Nc3nc(NC4=CCC(=CNC(=O)OC(C)(C)C)C=C4)ncc3F)cc2NC1=O. The van der Waals surface area contributed by atoms with E-state index in [0.717, 1.165) is 11.8 Å². The number of fused-ring (bicyclic) bond motifs is 1. The van der Waals surface area contributed by atoms with E-state index in [1.54, 1.807) is 58.2 Å². The molecule has 188 valence electrons. The lowest BCUT2D eigenvalue weighted by molar-refractivity contribution is -0.122. The van der Waals surface area contributed by atoms with Gasteiger partial charge >= 0.3 is 6.09 Å². The minimum absolute atomic E-state index is 0.0357. The van der Waals surface area contributed by atoms with Crippen LogP contribution in [0.15, 0.2) is 60.1 Å². The maximum atomic E-state index is 14.4. The zero-order valence-electron chi connectivity index (χ0n) is 20.3. The largest absolute Gasteiger partial charge is 0.479 e. The predicted molar refractivity (Wildman–Crippen MR) is 133 cm³/mol. The molecule has 0 unspecified atom stereocenters. The number of anilines is 4. The normalized spacial score (nSPS) is 17.9. The summed E-state index contributed by atoms with van der Waals surface area (Å²) in [4.78, 5) is 31.9. The highest BCUT2D eigenvalue weighted by Gasteiger charge is 2.23. The molecular weight excluding hydrogens is 467 g/mol. The van der Waals surface area contributed by atoms with E-state index < -0.39 is 23.6 Å². The Balaban J connectivity index is 1.38. The van der Waals surface area contributed by atoms with Gasteiger partial charge in [-0.05, 0) is 64.0 Å². The van der Waals surface area contributed by atoms with Crippen LogP contribution in [0, 0.1) is 5.82 Å². The maximum absolute atomic E-state index is 14.4. The summed E-state index contributed by atoms with van der Waals surface area (Å²) in [6.07, 6.45) is 7.58. The van der Waals surface area contributed by atoms with Crippen molar-refractivity contribution in [3.05, 3.63) is 65.9 Å². The van der Waals surface area contributed by atoms with Crippen LogP contribution in [0.1, 0.15) is 34.1 Å². The van der Waals surface area contributed by atoms with Gasteiger partial charge in [-0.15, -0.1) is 0 Å². The monoisotopic (exact) mass is 494 g/mol. The Bertz CT molecular complexity index is 1280. The third kappa shape index (κ3) is 6.38. The van der Waals surface area contributed by atoms with E-state index in [0.29, 0.717) is 29.2 Å². The topological polar surface area (TPSA) is 126 Å². The first-order valence-electron chi connectivity index (χ1n) is 11.3. The Morgan fingerprint density at radius 2 is 2.08 bits per heavy atom. The highest BCUT2D eigenvalue weighted by Crippen LogP contribution is 2.33. The maximum Gasteiger partial charge on any atom is 0.411 e. The average molecular weight is 495 g/mol. The molecule has 1 aliphatic heterocycles. The number of carbonyl (C=O) groups is 2. The van der Waals surface area contributed by atoms with Gasteiger partial charge in [0.2, 0.25) is 5.95 Å².